The van der Waals surface area contributed by atoms with Crippen molar-refractivity contribution in [2.75, 3.05) is 0 Å². The molecule has 0 atom stereocenters. The molecule has 0 fully saturated rings. The van der Waals surface area contributed by atoms with E-state index in [1.807, 2.05) is 43.3 Å². The summed E-state index contributed by atoms with van der Waals surface area (Å²) in [5.41, 5.74) is 4.73. The van der Waals surface area contributed by atoms with Crippen LogP contribution in [-0.2, 0) is 0 Å². The zero-order chi connectivity index (χ0) is 13.2. The summed E-state index contributed by atoms with van der Waals surface area (Å²) >= 11 is 0. The van der Waals surface area contributed by atoms with Crippen molar-refractivity contribution in [1.82, 2.24) is 20.2 Å². The van der Waals surface area contributed by atoms with Gasteiger partial charge in [0.15, 0.2) is 5.82 Å². The summed E-state index contributed by atoms with van der Waals surface area (Å²) in [5, 5.41) is 7.32. The highest BCUT2D eigenvalue weighted by molar-refractivity contribution is 5.65. The van der Waals surface area contributed by atoms with Crippen LogP contribution in [0.5, 0.6) is 0 Å². The van der Waals surface area contributed by atoms with Crippen molar-refractivity contribution in [2.24, 2.45) is 0 Å². The highest BCUT2D eigenvalue weighted by atomic mass is 15.1. The lowest BCUT2D eigenvalue weighted by Gasteiger charge is -1.92. The van der Waals surface area contributed by atoms with E-state index in [4.69, 9.17) is 0 Å². The number of hydrogen-bond acceptors (Lipinski definition) is 2. The van der Waals surface area contributed by atoms with Gasteiger partial charge in [0.1, 0.15) is 5.69 Å². The maximum Gasteiger partial charge on any atom is 0.156 e. The topological polar surface area (TPSA) is 57.4 Å². The summed E-state index contributed by atoms with van der Waals surface area (Å²) in [6, 6.07) is 12.0. The molecule has 0 aliphatic heterocycles. The van der Waals surface area contributed by atoms with E-state index in [0.29, 0.717) is 0 Å². The number of imidazole rings is 1. The summed E-state index contributed by atoms with van der Waals surface area (Å²) in [4.78, 5) is 7.68. The van der Waals surface area contributed by atoms with Gasteiger partial charge < -0.3 is 4.98 Å². The van der Waals surface area contributed by atoms with E-state index in [-0.39, 0.29) is 0 Å². The van der Waals surface area contributed by atoms with E-state index < -0.39 is 0 Å². The molecule has 2 N–H and O–H groups in total. The number of aromatic nitrogens is 4. The Balaban J connectivity index is 1.99. The van der Waals surface area contributed by atoms with Crippen LogP contribution in [0.15, 0.2) is 43.0 Å². The summed E-state index contributed by atoms with van der Waals surface area (Å²) in [7, 11) is 0. The molecule has 3 rings (SSSR count). The van der Waals surface area contributed by atoms with Gasteiger partial charge in [-0.3, -0.25) is 5.10 Å². The molecule has 0 aliphatic rings. The number of rotatable bonds is 3. The van der Waals surface area contributed by atoms with Gasteiger partial charge in [0, 0.05) is 11.3 Å². The molecule has 0 spiro atoms. The van der Waals surface area contributed by atoms with E-state index in [0.717, 1.165) is 34.2 Å². The first-order valence-corrected chi connectivity index (χ1v) is 6.08. The second kappa shape index (κ2) is 4.57. The Morgan fingerprint density at radius 2 is 2.00 bits per heavy atom. The van der Waals surface area contributed by atoms with Crippen molar-refractivity contribution in [3.8, 4) is 22.8 Å². The fourth-order valence-electron chi connectivity index (χ4n) is 2.00. The Hall–Kier alpha value is -2.62. The SMILES string of the molecule is C=Cc1nc(-c2cc(-c3ccccc3)n[nH]2)[nH]c1C. The molecule has 2 aromatic heterocycles. The normalized spacial score (nSPS) is 10.6. The third kappa shape index (κ3) is 2.08. The second-order valence-corrected chi connectivity index (χ2v) is 4.33. The van der Waals surface area contributed by atoms with E-state index in [9.17, 15) is 0 Å². The van der Waals surface area contributed by atoms with Crippen LogP contribution in [0.4, 0.5) is 0 Å². The predicted molar refractivity (Wildman–Crippen MR) is 76.4 cm³/mol. The molecule has 3 aromatic rings. The molecular formula is C15H14N4. The van der Waals surface area contributed by atoms with Crippen molar-refractivity contribution in [3.05, 3.63) is 54.4 Å². The Kier molecular flexibility index (Phi) is 2.76. The second-order valence-electron chi connectivity index (χ2n) is 4.33. The molecule has 0 aliphatic carbocycles. The summed E-state index contributed by atoms with van der Waals surface area (Å²) < 4.78 is 0. The van der Waals surface area contributed by atoms with Gasteiger partial charge in [0.05, 0.1) is 11.4 Å². The van der Waals surface area contributed by atoms with Gasteiger partial charge in [-0.2, -0.15) is 5.10 Å². The molecular weight excluding hydrogens is 236 g/mol. The molecule has 4 nitrogen and oxygen atoms in total. The molecule has 0 unspecified atom stereocenters. The van der Waals surface area contributed by atoms with Crippen LogP contribution in [0.25, 0.3) is 28.9 Å². The average molecular weight is 250 g/mol. The largest absolute Gasteiger partial charge is 0.340 e. The van der Waals surface area contributed by atoms with Crippen LogP contribution in [0.3, 0.4) is 0 Å². The van der Waals surface area contributed by atoms with Gasteiger partial charge in [-0.15, -0.1) is 0 Å². The third-order valence-electron chi connectivity index (χ3n) is 3.02. The zero-order valence-electron chi connectivity index (χ0n) is 10.6. The lowest BCUT2D eigenvalue weighted by molar-refractivity contribution is 1.08. The zero-order valence-corrected chi connectivity index (χ0v) is 10.6. The standard InChI is InChI=1S/C15H14N4/c1-3-12-10(2)16-15(17-12)14-9-13(18-19-14)11-7-5-4-6-8-11/h3-9H,1H2,2H3,(H,16,17)(H,18,19). The monoisotopic (exact) mass is 250 g/mol. The molecule has 94 valence electrons. The van der Waals surface area contributed by atoms with Crippen molar-refractivity contribution in [2.45, 2.75) is 6.92 Å². The Bertz CT molecular complexity index is 707. The van der Waals surface area contributed by atoms with Crippen molar-refractivity contribution < 1.29 is 0 Å². The van der Waals surface area contributed by atoms with Gasteiger partial charge in [0.2, 0.25) is 0 Å². The van der Waals surface area contributed by atoms with Crippen LogP contribution in [-0.4, -0.2) is 20.2 Å². The van der Waals surface area contributed by atoms with E-state index >= 15 is 0 Å². The maximum atomic E-state index is 4.46. The fourth-order valence-corrected chi connectivity index (χ4v) is 2.00. The van der Waals surface area contributed by atoms with Crippen LogP contribution in [0.1, 0.15) is 11.4 Å². The third-order valence-corrected chi connectivity index (χ3v) is 3.02. The van der Waals surface area contributed by atoms with Gasteiger partial charge >= 0.3 is 0 Å². The molecule has 0 saturated carbocycles. The Morgan fingerprint density at radius 1 is 1.21 bits per heavy atom. The fraction of sp³-hybridized carbons (Fsp3) is 0.0667. The first-order chi connectivity index (χ1) is 9.28. The van der Waals surface area contributed by atoms with Crippen molar-refractivity contribution in [1.29, 1.82) is 0 Å². The molecule has 19 heavy (non-hydrogen) atoms. The lowest BCUT2D eigenvalue weighted by atomic mass is 10.1. The Labute approximate surface area is 111 Å². The van der Waals surface area contributed by atoms with E-state index in [1.165, 1.54) is 0 Å². The minimum Gasteiger partial charge on any atom is -0.340 e. The highest BCUT2D eigenvalue weighted by Crippen LogP contribution is 2.22. The first kappa shape index (κ1) is 11.5. The number of benzene rings is 1. The number of hydrogen-bond donors (Lipinski definition) is 2. The molecule has 0 amide bonds. The molecule has 1 aromatic carbocycles. The molecule has 0 bridgehead atoms. The molecule has 2 heterocycles. The summed E-state index contributed by atoms with van der Waals surface area (Å²) in [5.74, 6) is 0.780. The van der Waals surface area contributed by atoms with Crippen LogP contribution < -0.4 is 0 Å². The van der Waals surface area contributed by atoms with Gasteiger partial charge in [-0.25, -0.2) is 4.98 Å². The average Bonchev–Trinajstić information content (AvgIpc) is 3.06. The lowest BCUT2D eigenvalue weighted by Crippen LogP contribution is -1.80. The Morgan fingerprint density at radius 3 is 2.68 bits per heavy atom. The van der Waals surface area contributed by atoms with Gasteiger partial charge in [-0.05, 0) is 19.1 Å². The molecule has 4 heteroatoms. The van der Waals surface area contributed by atoms with Crippen molar-refractivity contribution in [3.63, 3.8) is 0 Å². The summed E-state index contributed by atoms with van der Waals surface area (Å²) in [6.07, 6.45) is 1.74. The van der Waals surface area contributed by atoms with Gasteiger partial charge in [-0.1, -0.05) is 36.9 Å². The maximum absolute atomic E-state index is 4.46. The van der Waals surface area contributed by atoms with Crippen LogP contribution >= 0.6 is 0 Å². The van der Waals surface area contributed by atoms with Gasteiger partial charge in [0.25, 0.3) is 0 Å². The highest BCUT2D eigenvalue weighted by Gasteiger charge is 2.10. The van der Waals surface area contributed by atoms with Crippen LogP contribution in [0.2, 0.25) is 0 Å². The number of aryl methyl sites for hydroxylation is 1. The first-order valence-electron chi connectivity index (χ1n) is 6.08. The van der Waals surface area contributed by atoms with Crippen LogP contribution in [0, 0.1) is 6.92 Å². The minimum atomic E-state index is 0.780. The number of aromatic amines is 2. The van der Waals surface area contributed by atoms with Crippen molar-refractivity contribution >= 4 is 6.08 Å². The molecule has 0 saturated heterocycles. The quantitative estimate of drug-likeness (QED) is 0.748. The van der Waals surface area contributed by atoms with E-state index in [2.05, 4.69) is 26.7 Å². The number of H-pyrrole nitrogens is 2. The van der Waals surface area contributed by atoms with E-state index in [1.54, 1.807) is 6.08 Å². The number of nitrogens with one attached hydrogen (secondary N) is 2. The summed E-state index contributed by atoms with van der Waals surface area (Å²) in [6.45, 7) is 5.72. The predicted octanol–water partition coefficient (Wildman–Crippen LogP) is 3.42. The smallest absolute Gasteiger partial charge is 0.156 e. The molecule has 0 radical (unpaired) electrons. The number of nitrogens with zero attached hydrogens (tertiary/aromatic N) is 2. The minimum absolute atomic E-state index is 0.780.